The number of benzene rings is 2. The van der Waals surface area contributed by atoms with Crippen molar-refractivity contribution in [1.82, 2.24) is 4.98 Å². The number of nitrogen functional groups attached to an aromatic ring is 1. The third-order valence-electron chi connectivity index (χ3n) is 3.65. The number of thiazole rings is 1. The zero-order valence-electron chi connectivity index (χ0n) is 13.0. The van der Waals surface area contributed by atoms with Crippen molar-refractivity contribution < 1.29 is 4.79 Å². The second kappa shape index (κ2) is 6.22. The van der Waals surface area contributed by atoms with Gasteiger partial charge in [-0.2, -0.15) is 0 Å². The highest BCUT2D eigenvalue weighted by molar-refractivity contribution is 7.18. The summed E-state index contributed by atoms with van der Waals surface area (Å²) in [6.07, 6.45) is 0. The lowest BCUT2D eigenvalue weighted by Gasteiger charge is -2.05. The molecule has 0 aliphatic rings. The van der Waals surface area contributed by atoms with Crippen LogP contribution in [0, 0.1) is 13.8 Å². The number of hydrogen-bond acceptors (Lipinski definition) is 5. The third kappa shape index (κ3) is 3.24. The molecular weight excluding hydrogens is 306 g/mol. The summed E-state index contributed by atoms with van der Waals surface area (Å²) in [6.45, 7) is 4.12. The molecular formula is C18H17N3OS. The Hall–Kier alpha value is -2.66. The zero-order chi connectivity index (χ0) is 16.4. The SMILES string of the molecule is Cc1ccc(Nc2nc(N)c(C(=O)c3ccccc3)s2)cc1C. The molecule has 3 N–H and O–H groups in total. The Morgan fingerprint density at radius 2 is 1.83 bits per heavy atom. The quantitative estimate of drug-likeness (QED) is 0.702. The summed E-state index contributed by atoms with van der Waals surface area (Å²) in [6, 6.07) is 15.2. The maximum absolute atomic E-state index is 12.5. The molecule has 2 aromatic carbocycles. The van der Waals surface area contributed by atoms with Crippen molar-refractivity contribution in [2.24, 2.45) is 0 Å². The molecule has 0 amide bonds. The molecule has 3 rings (SSSR count). The molecule has 0 aliphatic carbocycles. The fourth-order valence-electron chi connectivity index (χ4n) is 2.21. The van der Waals surface area contributed by atoms with Crippen molar-refractivity contribution in [1.29, 1.82) is 0 Å². The number of carbonyl (C=O) groups is 1. The molecule has 1 heterocycles. The number of nitrogens with one attached hydrogen (secondary N) is 1. The molecule has 0 fully saturated rings. The van der Waals surface area contributed by atoms with Crippen LogP contribution in [-0.4, -0.2) is 10.8 Å². The van der Waals surface area contributed by atoms with Crippen molar-refractivity contribution >= 4 is 33.8 Å². The lowest BCUT2D eigenvalue weighted by atomic mass is 10.1. The Balaban J connectivity index is 1.86. The minimum Gasteiger partial charge on any atom is -0.382 e. The van der Waals surface area contributed by atoms with Crippen LogP contribution in [0.4, 0.5) is 16.6 Å². The van der Waals surface area contributed by atoms with Crippen LogP contribution in [0.25, 0.3) is 0 Å². The minimum absolute atomic E-state index is 0.103. The smallest absolute Gasteiger partial charge is 0.206 e. The number of nitrogens with two attached hydrogens (primary N) is 1. The number of hydrogen-bond donors (Lipinski definition) is 2. The summed E-state index contributed by atoms with van der Waals surface area (Å²) in [5.41, 5.74) is 9.89. The fraction of sp³-hybridized carbons (Fsp3) is 0.111. The fourth-order valence-corrected chi connectivity index (χ4v) is 3.08. The minimum atomic E-state index is -0.103. The lowest BCUT2D eigenvalue weighted by molar-refractivity contribution is 0.104. The Labute approximate surface area is 139 Å². The normalized spacial score (nSPS) is 10.5. The van der Waals surface area contributed by atoms with Gasteiger partial charge in [0.2, 0.25) is 5.78 Å². The van der Waals surface area contributed by atoms with Crippen molar-refractivity contribution in [3.05, 3.63) is 70.1 Å². The van der Waals surface area contributed by atoms with Crippen LogP contribution in [0.5, 0.6) is 0 Å². The third-order valence-corrected chi connectivity index (χ3v) is 4.64. The number of aromatic nitrogens is 1. The molecule has 5 heteroatoms. The van der Waals surface area contributed by atoms with Crippen LogP contribution in [0.1, 0.15) is 26.4 Å². The largest absolute Gasteiger partial charge is 0.382 e. The average Bonchev–Trinajstić information content (AvgIpc) is 2.91. The van der Waals surface area contributed by atoms with Gasteiger partial charge in [0.15, 0.2) is 5.13 Å². The van der Waals surface area contributed by atoms with Crippen molar-refractivity contribution in [3.63, 3.8) is 0 Å². The van der Waals surface area contributed by atoms with Gasteiger partial charge in [-0.25, -0.2) is 4.98 Å². The predicted octanol–water partition coefficient (Wildman–Crippen LogP) is 4.32. The van der Waals surface area contributed by atoms with Gasteiger partial charge in [0.25, 0.3) is 0 Å². The number of rotatable bonds is 4. The van der Waals surface area contributed by atoms with E-state index < -0.39 is 0 Å². The van der Waals surface area contributed by atoms with E-state index >= 15 is 0 Å². The molecule has 23 heavy (non-hydrogen) atoms. The standard InChI is InChI=1S/C18H17N3OS/c1-11-8-9-14(10-12(11)2)20-18-21-17(19)16(23-18)15(22)13-6-4-3-5-7-13/h3-10H,19H2,1-2H3,(H,20,21). The summed E-state index contributed by atoms with van der Waals surface area (Å²) >= 11 is 1.27. The van der Waals surface area contributed by atoms with E-state index in [1.165, 1.54) is 22.5 Å². The van der Waals surface area contributed by atoms with E-state index in [0.717, 1.165) is 5.69 Å². The molecule has 4 nitrogen and oxygen atoms in total. The average molecular weight is 323 g/mol. The molecule has 0 saturated heterocycles. The first-order valence-electron chi connectivity index (χ1n) is 7.25. The first kappa shape index (κ1) is 15.2. The van der Waals surface area contributed by atoms with Crippen LogP contribution < -0.4 is 11.1 Å². The van der Waals surface area contributed by atoms with E-state index in [0.29, 0.717) is 15.6 Å². The highest BCUT2D eigenvalue weighted by Crippen LogP contribution is 2.30. The Morgan fingerprint density at radius 1 is 1.09 bits per heavy atom. The van der Waals surface area contributed by atoms with E-state index in [-0.39, 0.29) is 11.6 Å². The van der Waals surface area contributed by atoms with Gasteiger partial charge >= 0.3 is 0 Å². The predicted molar refractivity (Wildman–Crippen MR) is 95.6 cm³/mol. The maximum Gasteiger partial charge on any atom is 0.206 e. The molecule has 0 unspecified atom stereocenters. The van der Waals surface area contributed by atoms with Gasteiger partial charge in [-0.05, 0) is 37.1 Å². The van der Waals surface area contributed by atoms with Crippen LogP contribution >= 0.6 is 11.3 Å². The first-order valence-corrected chi connectivity index (χ1v) is 8.06. The van der Waals surface area contributed by atoms with Crippen molar-refractivity contribution in [3.8, 4) is 0 Å². The van der Waals surface area contributed by atoms with E-state index in [1.54, 1.807) is 12.1 Å². The van der Waals surface area contributed by atoms with Gasteiger partial charge in [0.05, 0.1) is 0 Å². The molecule has 0 saturated carbocycles. The van der Waals surface area contributed by atoms with Crippen LogP contribution in [0.2, 0.25) is 0 Å². The number of nitrogens with zero attached hydrogens (tertiary/aromatic N) is 1. The molecule has 0 bridgehead atoms. The van der Waals surface area contributed by atoms with E-state index in [1.807, 2.05) is 36.4 Å². The Bertz CT molecular complexity index is 856. The van der Waals surface area contributed by atoms with Crippen LogP contribution in [-0.2, 0) is 0 Å². The second-order valence-corrected chi connectivity index (χ2v) is 6.35. The van der Waals surface area contributed by atoms with Crippen LogP contribution in [0.3, 0.4) is 0 Å². The number of aryl methyl sites for hydroxylation is 2. The highest BCUT2D eigenvalue weighted by Gasteiger charge is 2.17. The van der Waals surface area contributed by atoms with Crippen LogP contribution in [0.15, 0.2) is 48.5 Å². The molecule has 0 atom stereocenters. The summed E-state index contributed by atoms with van der Waals surface area (Å²) in [4.78, 5) is 17.2. The summed E-state index contributed by atoms with van der Waals surface area (Å²) < 4.78 is 0. The second-order valence-electron chi connectivity index (χ2n) is 5.35. The summed E-state index contributed by atoms with van der Waals surface area (Å²) in [5, 5.41) is 3.83. The van der Waals surface area contributed by atoms with Gasteiger partial charge in [-0.15, -0.1) is 0 Å². The van der Waals surface area contributed by atoms with Gasteiger partial charge in [-0.1, -0.05) is 47.7 Å². The monoisotopic (exact) mass is 323 g/mol. The summed E-state index contributed by atoms with van der Waals surface area (Å²) in [5.74, 6) is 0.156. The van der Waals surface area contributed by atoms with E-state index in [9.17, 15) is 4.79 Å². The van der Waals surface area contributed by atoms with Gasteiger partial charge in [0, 0.05) is 11.3 Å². The first-order chi connectivity index (χ1) is 11.0. The zero-order valence-corrected chi connectivity index (χ0v) is 13.8. The maximum atomic E-state index is 12.5. The van der Waals surface area contributed by atoms with E-state index in [2.05, 4.69) is 24.1 Å². The highest BCUT2D eigenvalue weighted by atomic mass is 32.1. The molecule has 0 spiro atoms. The number of anilines is 3. The van der Waals surface area contributed by atoms with Gasteiger partial charge < -0.3 is 11.1 Å². The molecule has 0 radical (unpaired) electrons. The molecule has 0 aliphatic heterocycles. The van der Waals surface area contributed by atoms with Gasteiger partial charge in [-0.3, -0.25) is 4.79 Å². The number of carbonyl (C=O) groups excluding carboxylic acids is 1. The van der Waals surface area contributed by atoms with Crippen molar-refractivity contribution in [2.75, 3.05) is 11.1 Å². The Morgan fingerprint density at radius 3 is 2.52 bits per heavy atom. The van der Waals surface area contributed by atoms with E-state index in [4.69, 9.17) is 5.73 Å². The van der Waals surface area contributed by atoms with Crippen molar-refractivity contribution in [2.45, 2.75) is 13.8 Å². The summed E-state index contributed by atoms with van der Waals surface area (Å²) in [7, 11) is 0. The molecule has 1 aromatic heterocycles. The molecule has 3 aromatic rings. The van der Waals surface area contributed by atoms with Gasteiger partial charge in [0.1, 0.15) is 10.7 Å². The topological polar surface area (TPSA) is 68.0 Å². The Kier molecular flexibility index (Phi) is 4.12. The lowest BCUT2D eigenvalue weighted by Crippen LogP contribution is -2.02. The molecule has 116 valence electrons. The number of ketones is 1.